The minimum Gasteiger partial charge on any atom is -0.377 e. The van der Waals surface area contributed by atoms with Gasteiger partial charge in [-0.3, -0.25) is 0 Å². The zero-order valence-electron chi connectivity index (χ0n) is 12.4. The number of nitrogens with one attached hydrogen (secondary N) is 1. The van der Waals surface area contributed by atoms with Gasteiger partial charge in [0.1, 0.15) is 12.1 Å². The predicted octanol–water partition coefficient (Wildman–Crippen LogP) is 2.75. The molecule has 0 spiro atoms. The van der Waals surface area contributed by atoms with E-state index in [0.29, 0.717) is 6.04 Å². The van der Waals surface area contributed by atoms with E-state index in [2.05, 4.69) is 51.4 Å². The molecule has 1 aliphatic rings. The van der Waals surface area contributed by atoms with Crippen LogP contribution in [0.2, 0.25) is 0 Å². The number of morpholine rings is 1. The monoisotopic (exact) mass is 284 g/mol. The van der Waals surface area contributed by atoms with Crippen molar-refractivity contribution in [3.05, 3.63) is 42.4 Å². The first kappa shape index (κ1) is 13.8. The molecular formula is C16H20N4O. The van der Waals surface area contributed by atoms with Crippen LogP contribution >= 0.6 is 0 Å². The Hall–Kier alpha value is -2.14. The van der Waals surface area contributed by atoms with E-state index in [0.717, 1.165) is 37.0 Å². The highest BCUT2D eigenvalue weighted by molar-refractivity contribution is 5.61. The molecule has 2 aromatic rings. The SMILES string of the molecule is Cc1cc(Nc2ccc(N3CCOCC3C)cc2)ncn1. The smallest absolute Gasteiger partial charge is 0.133 e. The molecule has 1 aliphatic heterocycles. The van der Waals surface area contributed by atoms with E-state index in [1.54, 1.807) is 6.33 Å². The Labute approximate surface area is 125 Å². The van der Waals surface area contributed by atoms with Crippen molar-refractivity contribution < 1.29 is 4.74 Å². The van der Waals surface area contributed by atoms with E-state index < -0.39 is 0 Å². The van der Waals surface area contributed by atoms with E-state index in [-0.39, 0.29) is 0 Å². The van der Waals surface area contributed by atoms with E-state index in [1.807, 2.05) is 13.0 Å². The van der Waals surface area contributed by atoms with Gasteiger partial charge in [-0.2, -0.15) is 0 Å². The summed E-state index contributed by atoms with van der Waals surface area (Å²) in [5, 5.41) is 3.29. The first-order valence-corrected chi connectivity index (χ1v) is 7.22. The molecule has 5 heteroatoms. The zero-order chi connectivity index (χ0) is 14.7. The molecule has 1 atom stereocenters. The maximum absolute atomic E-state index is 5.48. The number of anilines is 3. The van der Waals surface area contributed by atoms with Crippen LogP contribution in [0.3, 0.4) is 0 Å². The van der Waals surface area contributed by atoms with Crippen molar-refractivity contribution in [3.8, 4) is 0 Å². The third-order valence-electron chi connectivity index (χ3n) is 3.64. The summed E-state index contributed by atoms with van der Waals surface area (Å²) in [6, 6.07) is 10.8. The molecule has 2 heterocycles. The second kappa shape index (κ2) is 6.10. The van der Waals surface area contributed by atoms with Crippen LogP contribution in [-0.4, -0.2) is 35.8 Å². The normalized spacial score (nSPS) is 18.6. The summed E-state index contributed by atoms with van der Waals surface area (Å²) < 4.78 is 5.48. The molecule has 1 aromatic heterocycles. The average Bonchev–Trinajstić information content (AvgIpc) is 2.49. The number of aryl methyl sites for hydroxylation is 1. The fraction of sp³-hybridized carbons (Fsp3) is 0.375. The summed E-state index contributed by atoms with van der Waals surface area (Å²) >= 11 is 0. The molecule has 1 saturated heterocycles. The van der Waals surface area contributed by atoms with Gasteiger partial charge in [-0.25, -0.2) is 9.97 Å². The standard InChI is InChI=1S/C16H20N4O/c1-12-9-16(18-11-17-12)19-14-3-5-15(6-4-14)20-7-8-21-10-13(20)2/h3-6,9,11,13H,7-8,10H2,1-2H3,(H,17,18,19). The zero-order valence-corrected chi connectivity index (χ0v) is 12.4. The Kier molecular flexibility index (Phi) is 4.01. The van der Waals surface area contributed by atoms with Gasteiger partial charge in [0.05, 0.1) is 13.2 Å². The van der Waals surface area contributed by atoms with Crippen molar-refractivity contribution in [2.24, 2.45) is 0 Å². The Morgan fingerprint density at radius 3 is 2.76 bits per heavy atom. The lowest BCUT2D eigenvalue weighted by atomic mass is 10.2. The van der Waals surface area contributed by atoms with Crippen LogP contribution < -0.4 is 10.2 Å². The number of hydrogen-bond acceptors (Lipinski definition) is 5. The topological polar surface area (TPSA) is 50.3 Å². The summed E-state index contributed by atoms with van der Waals surface area (Å²) in [5.41, 5.74) is 3.21. The summed E-state index contributed by atoms with van der Waals surface area (Å²) in [6.45, 7) is 6.68. The van der Waals surface area contributed by atoms with Crippen molar-refractivity contribution in [2.45, 2.75) is 19.9 Å². The highest BCUT2D eigenvalue weighted by Gasteiger charge is 2.18. The summed E-state index contributed by atoms with van der Waals surface area (Å²) in [6.07, 6.45) is 1.57. The van der Waals surface area contributed by atoms with Gasteiger partial charge < -0.3 is 15.0 Å². The maximum atomic E-state index is 5.48. The van der Waals surface area contributed by atoms with Gasteiger partial charge in [0.15, 0.2) is 0 Å². The summed E-state index contributed by atoms with van der Waals surface area (Å²) in [7, 11) is 0. The molecule has 0 aliphatic carbocycles. The molecular weight excluding hydrogens is 264 g/mol. The van der Waals surface area contributed by atoms with Gasteiger partial charge >= 0.3 is 0 Å². The summed E-state index contributed by atoms with van der Waals surface area (Å²) in [4.78, 5) is 10.7. The van der Waals surface area contributed by atoms with Gasteiger partial charge in [0.25, 0.3) is 0 Å². The maximum Gasteiger partial charge on any atom is 0.133 e. The molecule has 3 rings (SSSR count). The van der Waals surface area contributed by atoms with Crippen LogP contribution in [-0.2, 0) is 4.74 Å². The molecule has 1 N–H and O–H groups in total. The lowest BCUT2D eigenvalue weighted by Gasteiger charge is -2.35. The number of aromatic nitrogens is 2. The molecule has 21 heavy (non-hydrogen) atoms. The van der Waals surface area contributed by atoms with Crippen molar-refractivity contribution in [1.82, 2.24) is 9.97 Å². The molecule has 0 amide bonds. The third kappa shape index (κ3) is 3.31. The summed E-state index contributed by atoms with van der Waals surface area (Å²) in [5.74, 6) is 0.815. The lowest BCUT2D eigenvalue weighted by Crippen LogP contribution is -2.43. The van der Waals surface area contributed by atoms with E-state index in [9.17, 15) is 0 Å². The quantitative estimate of drug-likeness (QED) is 0.939. The Morgan fingerprint density at radius 2 is 2.05 bits per heavy atom. The van der Waals surface area contributed by atoms with E-state index in [4.69, 9.17) is 4.74 Å². The van der Waals surface area contributed by atoms with Crippen molar-refractivity contribution in [1.29, 1.82) is 0 Å². The fourth-order valence-corrected chi connectivity index (χ4v) is 2.52. The first-order chi connectivity index (χ1) is 10.2. The minimum atomic E-state index is 0.419. The fourth-order valence-electron chi connectivity index (χ4n) is 2.52. The van der Waals surface area contributed by atoms with E-state index >= 15 is 0 Å². The van der Waals surface area contributed by atoms with Crippen molar-refractivity contribution in [3.63, 3.8) is 0 Å². The Bertz CT molecular complexity index is 599. The van der Waals surface area contributed by atoms with Crippen LogP contribution in [0.1, 0.15) is 12.6 Å². The highest BCUT2D eigenvalue weighted by atomic mass is 16.5. The van der Waals surface area contributed by atoms with Gasteiger partial charge in [-0.1, -0.05) is 0 Å². The molecule has 0 radical (unpaired) electrons. The predicted molar refractivity (Wildman–Crippen MR) is 84.1 cm³/mol. The van der Waals surface area contributed by atoms with Crippen LogP contribution in [0.4, 0.5) is 17.2 Å². The van der Waals surface area contributed by atoms with Gasteiger partial charge in [-0.05, 0) is 38.1 Å². The molecule has 5 nitrogen and oxygen atoms in total. The van der Waals surface area contributed by atoms with Gasteiger partial charge in [-0.15, -0.1) is 0 Å². The van der Waals surface area contributed by atoms with Crippen molar-refractivity contribution >= 4 is 17.2 Å². The number of nitrogens with zero attached hydrogens (tertiary/aromatic N) is 3. The lowest BCUT2D eigenvalue weighted by molar-refractivity contribution is 0.0989. The van der Waals surface area contributed by atoms with E-state index in [1.165, 1.54) is 5.69 Å². The Balaban J connectivity index is 1.72. The van der Waals surface area contributed by atoms with Gasteiger partial charge in [0.2, 0.25) is 0 Å². The molecule has 1 aromatic carbocycles. The largest absolute Gasteiger partial charge is 0.377 e. The van der Waals surface area contributed by atoms with Gasteiger partial charge in [0, 0.05) is 35.7 Å². The second-order valence-corrected chi connectivity index (χ2v) is 5.33. The number of rotatable bonds is 3. The molecule has 0 bridgehead atoms. The second-order valence-electron chi connectivity index (χ2n) is 5.33. The molecule has 0 saturated carbocycles. The highest BCUT2D eigenvalue weighted by Crippen LogP contribution is 2.23. The molecule has 1 unspecified atom stereocenters. The number of ether oxygens (including phenoxy) is 1. The van der Waals surface area contributed by atoms with Crippen LogP contribution in [0, 0.1) is 6.92 Å². The average molecular weight is 284 g/mol. The first-order valence-electron chi connectivity index (χ1n) is 7.22. The minimum absolute atomic E-state index is 0.419. The Morgan fingerprint density at radius 1 is 1.24 bits per heavy atom. The molecule has 1 fully saturated rings. The number of hydrogen-bond donors (Lipinski definition) is 1. The van der Waals surface area contributed by atoms with Crippen molar-refractivity contribution in [2.75, 3.05) is 30.0 Å². The number of benzene rings is 1. The van der Waals surface area contributed by atoms with Crippen LogP contribution in [0.15, 0.2) is 36.7 Å². The van der Waals surface area contributed by atoms with Crippen LogP contribution in [0.5, 0.6) is 0 Å². The molecule has 110 valence electrons. The third-order valence-corrected chi connectivity index (χ3v) is 3.64. The van der Waals surface area contributed by atoms with Crippen LogP contribution in [0.25, 0.3) is 0 Å².